The number of carbonyl (C=O) groups excluding carboxylic acids is 1. The van der Waals surface area contributed by atoms with E-state index >= 15 is 0 Å². The van der Waals surface area contributed by atoms with Gasteiger partial charge in [-0.05, 0) is 12.8 Å². The zero-order valence-corrected chi connectivity index (χ0v) is 7.30. The van der Waals surface area contributed by atoms with E-state index < -0.39 is 0 Å². The lowest BCUT2D eigenvalue weighted by molar-refractivity contribution is 0.111. The summed E-state index contributed by atoms with van der Waals surface area (Å²) < 4.78 is 4.86. The Hall–Kier alpha value is -0.730. The van der Waals surface area contributed by atoms with Crippen LogP contribution in [0.15, 0.2) is 0 Å². The van der Waals surface area contributed by atoms with Crippen molar-refractivity contribution in [1.82, 2.24) is 4.90 Å². The summed E-state index contributed by atoms with van der Waals surface area (Å²) in [6.07, 6.45) is 1.33. The summed E-state index contributed by atoms with van der Waals surface area (Å²) in [5, 5.41) is 0. The van der Waals surface area contributed by atoms with Gasteiger partial charge in [-0.2, -0.15) is 0 Å². The minimum absolute atomic E-state index is 0.254. The molecule has 0 bridgehead atoms. The van der Waals surface area contributed by atoms with Crippen LogP contribution in [-0.4, -0.2) is 31.2 Å². The average molecular weight is 158 g/mol. The molecule has 0 aromatic heterocycles. The van der Waals surface area contributed by atoms with Gasteiger partial charge in [0.15, 0.2) is 0 Å². The Labute approximate surface area is 68.3 Å². The van der Waals surface area contributed by atoms with E-state index in [1.165, 1.54) is 4.90 Å². The minimum atomic E-state index is -0.254. The van der Waals surface area contributed by atoms with E-state index in [-0.39, 0.29) is 6.09 Å². The summed E-state index contributed by atoms with van der Waals surface area (Å²) in [5.41, 5.74) is 0. The molecule has 0 aliphatic carbocycles. The molecule has 0 saturated heterocycles. The molecular weight excluding hydrogens is 142 g/mol. The first-order chi connectivity index (χ1) is 5.22. The van der Waals surface area contributed by atoms with Gasteiger partial charge in [0.05, 0.1) is 6.61 Å². The number of hydrogen-bond acceptors (Lipinski definition) is 2. The van der Waals surface area contributed by atoms with Crippen LogP contribution in [0.5, 0.6) is 0 Å². The summed E-state index contributed by atoms with van der Waals surface area (Å²) in [6, 6.07) is 0. The molecule has 0 N–H and O–H groups in total. The van der Waals surface area contributed by atoms with Gasteiger partial charge in [0.25, 0.3) is 0 Å². The lowest BCUT2D eigenvalue weighted by Gasteiger charge is -2.14. The van der Waals surface area contributed by atoms with E-state index in [2.05, 4.69) is 6.92 Å². The second-order valence-corrected chi connectivity index (χ2v) is 2.39. The van der Waals surface area contributed by atoms with Gasteiger partial charge in [0, 0.05) is 13.6 Å². The van der Waals surface area contributed by atoms with Crippen molar-refractivity contribution >= 4 is 6.09 Å². The van der Waals surface area contributed by atoms with Crippen LogP contribution in [0.2, 0.25) is 0 Å². The maximum absolute atomic E-state index is 11.0. The second-order valence-electron chi connectivity index (χ2n) is 2.39. The van der Waals surface area contributed by atoms with Crippen LogP contribution in [0.1, 0.15) is 19.8 Å². The zero-order chi connectivity index (χ0) is 8.69. The van der Waals surface area contributed by atoms with Crippen LogP contribution in [0.3, 0.4) is 0 Å². The van der Waals surface area contributed by atoms with Crippen molar-refractivity contribution in [1.29, 1.82) is 0 Å². The van der Waals surface area contributed by atoms with Crippen molar-refractivity contribution in [2.45, 2.75) is 19.8 Å². The molecule has 3 heteroatoms. The fraction of sp³-hybridized carbons (Fsp3) is 0.750. The molecule has 0 unspecified atom stereocenters. The highest BCUT2D eigenvalue weighted by Gasteiger charge is 2.06. The molecule has 1 radical (unpaired) electrons. The van der Waals surface area contributed by atoms with E-state index in [1.54, 1.807) is 7.05 Å². The van der Waals surface area contributed by atoms with Gasteiger partial charge in [-0.15, -0.1) is 0 Å². The normalized spacial score (nSPS) is 9.36. The fourth-order valence-electron chi connectivity index (χ4n) is 0.628. The van der Waals surface area contributed by atoms with Gasteiger partial charge in [0.2, 0.25) is 0 Å². The Balaban J connectivity index is 3.47. The minimum Gasteiger partial charge on any atom is -0.449 e. The van der Waals surface area contributed by atoms with Crippen molar-refractivity contribution in [3.8, 4) is 0 Å². The summed E-state index contributed by atoms with van der Waals surface area (Å²) in [7, 11) is 1.71. The van der Waals surface area contributed by atoms with Gasteiger partial charge in [-0.1, -0.05) is 13.8 Å². The first kappa shape index (κ1) is 10.3. The summed E-state index contributed by atoms with van der Waals surface area (Å²) in [6.45, 7) is 6.76. The molecule has 0 aromatic carbocycles. The lowest BCUT2D eigenvalue weighted by atomic mass is 10.4. The number of nitrogens with zero attached hydrogens (tertiary/aromatic N) is 1. The molecule has 0 heterocycles. The molecule has 0 saturated carbocycles. The van der Waals surface area contributed by atoms with E-state index in [0.29, 0.717) is 13.2 Å². The molecule has 11 heavy (non-hydrogen) atoms. The van der Waals surface area contributed by atoms with Crippen molar-refractivity contribution < 1.29 is 9.53 Å². The maximum Gasteiger partial charge on any atom is 0.409 e. The third-order valence-electron chi connectivity index (χ3n) is 1.23. The zero-order valence-electron chi connectivity index (χ0n) is 7.30. The number of rotatable bonds is 4. The monoisotopic (exact) mass is 158 g/mol. The largest absolute Gasteiger partial charge is 0.449 e. The standard InChI is InChI=1S/C8H16NO2/c1-4-6-9(3)8(10)11-7-5-2/h1,4-7H2,2-3H3. The molecule has 1 amide bonds. The summed E-state index contributed by atoms with van der Waals surface area (Å²) in [5.74, 6) is 0. The maximum atomic E-state index is 11.0. The number of amides is 1. The van der Waals surface area contributed by atoms with E-state index in [9.17, 15) is 4.79 Å². The van der Waals surface area contributed by atoms with E-state index in [1.807, 2.05) is 6.92 Å². The number of hydrogen-bond donors (Lipinski definition) is 0. The Morgan fingerprint density at radius 1 is 1.64 bits per heavy atom. The second kappa shape index (κ2) is 6.01. The molecule has 0 aliphatic heterocycles. The lowest BCUT2D eigenvalue weighted by Crippen LogP contribution is -2.28. The van der Waals surface area contributed by atoms with Gasteiger partial charge in [0.1, 0.15) is 0 Å². The topological polar surface area (TPSA) is 29.5 Å². The third kappa shape index (κ3) is 4.65. The summed E-state index contributed by atoms with van der Waals surface area (Å²) >= 11 is 0. The van der Waals surface area contributed by atoms with Crippen molar-refractivity contribution in [2.75, 3.05) is 20.2 Å². The molecule has 0 aromatic rings. The Kier molecular flexibility index (Phi) is 5.61. The van der Waals surface area contributed by atoms with Gasteiger partial charge < -0.3 is 9.64 Å². The van der Waals surface area contributed by atoms with Gasteiger partial charge in [-0.3, -0.25) is 0 Å². The van der Waals surface area contributed by atoms with E-state index in [4.69, 9.17) is 4.74 Å². The smallest absolute Gasteiger partial charge is 0.409 e. The van der Waals surface area contributed by atoms with Crippen LogP contribution in [0, 0.1) is 6.92 Å². The Morgan fingerprint density at radius 2 is 2.27 bits per heavy atom. The quantitative estimate of drug-likeness (QED) is 0.623. The first-order valence-corrected chi connectivity index (χ1v) is 3.89. The van der Waals surface area contributed by atoms with Crippen LogP contribution >= 0.6 is 0 Å². The first-order valence-electron chi connectivity index (χ1n) is 3.89. The van der Waals surface area contributed by atoms with Crippen LogP contribution < -0.4 is 0 Å². The Bertz CT molecular complexity index is 115. The SMILES string of the molecule is [CH2]CCN(C)C(=O)OCCC. The predicted octanol–water partition coefficient (Wildman–Crippen LogP) is 1.69. The van der Waals surface area contributed by atoms with Crippen molar-refractivity contribution in [3.05, 3.63) is 6.92 Å². The van der Waals surface area contributed by atoms with Crippen molar-refractivity contribution in [3.63, 3.8) is 0 Å². The van der Waals surface area contributed by atoms with Crippen LogP contribution in [0.4, 0.5) is 4.79 Å². The predicted molar refractivity (Wildman–Crippen MR) is 44.2 cm³/mol. The highest BCUT2D eigenvalue weighted by molar-refractivity contribution is 5.67. The van der Waals surface area contributed by atoms with Crippen LogP contribution in [-0.2, 0) is 4.74 Å². The number of ether oxygens (including phenoxy) is 1. The molecule has 0 atom stereocenters. The Morgan fingerprint density at radius 3 is 2.73 bits per heavy atom. The molecule has 0 aliphatic rings. The fourth-order valence-corrected chi connectivity index (χ4v) is 0.628. The van der Waals surface area contributed by atoms with Gasteiger partial charge >= 0.3 is 6.09 Å². The molecule has 0 rings (SSSR count). The van der Waals surface area contributed by atoms with E-state index in [0.717, 1.165) is 12.8 Å². The average Bonchev–Trinajstić information content (AvgIpc) is 2.00. The molecule has 0 fully saturated rings. The molecular formula is C8H16NO2. The van der Waals surface area contributed by atoms with Gasteiger partial charge in [-0.25, -0.2) is 4.79 Å². The van der Waals surface area contributed by atoms with Crippen molar-refractivity contribution in [2.24, 2.45) is 0 Å². The van der Waals surface area contributed by atoms with Crippen LogP contribution in [0.25, 0.3) is 0 Å². The molecule has 65 valence electrons. The summed E-state index contributed by atoms with van der Waals surface area (Å²) in [4.78, 5) is 12.5. The highest BCUT2D eigenvalue weighted by Crippen LogP contribution is 1.92. The molecule has 0 spiro atoms. The third-order valence-corrected chi connectivity index (χ3v) is 1.23. The highest BCUT2D eigenvalue weighted by atomic mass is 16.6. The molecule has 3 nitrogen and oxygen atoms in total. The number of carbonyl (C=O) groups is 1.